The highest BCUT2D eigenvalue weighted by molar-refractivity contribution is 6.16. The summed E-state index contributed by atoms with van der Waals surface area (Å²) in [6.45, 7) is 3.83. The van der Waals surface area contributed by atoms with E-state index >= 15 is 0 Å². The van der Waals surface area contributed by atoms with E-state index in [1.807, 2.05) is 42.8 Å². The van der Waals surface area contributed by atoms with Crippen LogP contribution in [0.15, 0.2) is 54.6 Å². The van der Waals surface area contributed by atoms with Gasteiger partial charge in [0.25, 0.3) is 0 Å². The highest BCUT2D eigenvalue weighted by Gasteiger charge is 2.24. The van der Waals surface area contributed by atoms with Gasteiger partial charge in [0, 0.05) is 28.9 Å². The summed E-state index contributed by atoms with van der Waals surface area (Å²) < 4.78 is 26.8. The minimum absolute atomic E-state index is 0.156. The minimum atomic E-state index is -0.803. The molecule has 0 saturated carbocycles. The molecule has 1 heterocycles. The van der Waals surface area contributed by atoms with Gasteiger partial charge in [-0.05, 0) is 32.0 Å². The Kier molecular flexibility index (Phi) is 4.99. The summed E-state index contributed by atoms with van der Waals surface area (Å²) in [6, 6.07) is 14.7. The molecule has 152 valence electrons. The van der Waals surface area contributed by atoms with E-state index in [1.165, 1.54) is 18.2 Å². The number of ether oxygens (including phenoxy) is 2. The second-order valence-corrected chi connectivity index (χ2v) is 6.93. The quantitative estimate of drug-likeness (QED) is 0.347. The topological polar surface area (TPSA) is 57.5 Å². The summed E-state index contributed by atoms with van der Waals surface area (Å²) >= 11 is 0. The zero-order valence-corrected chi connectivity index (χ0v) is 16.9. The van der Waals surface area contributed by atoms with Gasteiger partial charge in [-0.25, -0.2) is 14.0 Å². The molecule has 3 aromatic carbocycles. The van der Waals surface area contributed by atoms with Gasteiger partial charge in [0.2, 0.25) is 0 Å². The highest BCUT2D eigenvalue weighted by Crippen LogP contribution is 2.38. The van der Waals surface area contributed by atoms with Crippen molar-refractivity contribution in [3.05, 3.63) is 77.2 Å². The van der Waals surface area contributed by atoms with Crippen molar-refractivity contribution in [1.82, 2.24) is 4.57 Å². The second-order valence-electron chi connectivity index (χ2n) is 6.93. The number of benzene rings is 3. The first-order valence-corrected chi connectivity index (χ1v) is 9.58. The summed E-state index contributed by atoms with van der Waals surface area (Å²) in [6.07, 6.45) is 0. The molecule has 0 fully saturated rings. The van der Waals surface area contributed by atoms with Crippen molar-refractivity contribution in [2.45, 2.75) is 13.8 Å². The van der Waals surface area contributed by atoms with Crippen LogP contribution in [0.2, 0.25) is 0 Å². The largest absolute Gasteiger partial charge is 0.462 e. The summed E-state index contributed by atoms with van der Waals surface area (Å²) in [5.41, 5.74) is 1.84. The molecular weight excluding hydrogens is 385 g/mol. The van der Waals surface area contributed by atoms with Gasteiger partial charge in [0.1, 0.15) is 11.6 Å². The van der Waals surface area contributed by atoms with Gasteiger partial charge >= 0.3 is 11.9 Å². The molecular formula is C24H20FNO4. The number of rotatable bonds is 4. The number of carbonyl (C=O) groups excluding carboxylic acids is 2. The van der Waals surface area contributed by atoms with Gasteiger partial charge in [0.15, 0.2) is 0 Å². The van der Waals surface area contributed by atoms with Crippen LogP contribution in [-0.4, -0.2) is 23.1 Å². The molecule has 0 radical (unpaired) electrons. The molecule has 0 unspecified atom stereocenters. The lowest BCUT2D eigenvalue weighted by Gasteiger charge is -2.11. The predicted molar refractivity (Wildman–Crippen MR) is 112 cm³/mol. The Balaban J connectivity index is 1.95. The standard InChI is InChI=1S/C24H20FNO4/c1-4-29-24(28)21-14(2)26(3)22-16-10-6-5-9-15(16)20(13-18(21)22)30-23(27)17-11-7-8-12-19(17)25/h5-13H,4H2,1-3H3. The highest BCUT2D eigenvalue weighted by atomic mass is 19.1. The Morgan fingerprint density at radius 2 is 1.63 bits per heavy atom. The lowest BCUT2D eigenvalue weighted by Crippen LogP contribution is -2.11. The van der Waals surface area contributed by atoms with Crippen molar-refractivity contribution < 1.29 is 23.5 Å². The molecule has 1 aromatic heterocycles. The zero-order valence-electron chi connectivity index (χ0n) is 16.9. The van der Waals surface area contributed by atoms with E-state index in [4.69, 9.17) is 9.47 Å². The first-order valence-electron chi connectivity index (χ1n) is 9.58. The zero-order chi connectivity index (χ0) is 21.4. The molecule has 0 amide bonds. The molecule has 0 atom stereocenters. The number of aryl methyl sites for hydroxylation is 1. The number of fused-ring (bicyclic) bond motifs is 3. The van der Waals surface area contributed by atoms with Crippen molar-refractivity contribution in [3.63, 3.8) is 0 Å². The van der Waals surface area contributed by atoms with Gasteiger partial charge in [-0.2, -0.15) is 0 Å². The fourth-order valence-electron chi connectivity index (χ4n) is 3.74. The number of aromatic nitrogens is 1. The van der Waals surface area contributed by atoms with Gasteiger partial charge in [-0.1, -0.05) is 36.4 Å². The van der Waals surface area contributed by atoms with E-state index in [2.05, 4.69) is 0 Å². The predicted octanol–water partition coefficient (Wildman–Crippen LogP) is 5.17. The van der Waals surface area contributed by atoms with Crippen molar-refractivity contribution in [3.8, 4) is 5.75 Å². The third-order valence-corrected chi connectivity index (χ3v) is 5.22. The van der Waals surface area contributed by atoms with Gasteiger partial charge in [-0.15, -0.1) is 0 Å². The third kappa shape index (κ3) is 3.10. The van der Waals surface area contributed by atoms with Crippen LogP contribution in [0.1, 0.15) is 33.3 Å². The van der Waals surface area contributed by atoms with Gasteiger partial charge in [-0.3, -0.25) is 0 Å². The molecule has 0 aliphatic heterocycles. The Morgan fingerprint density at radius 1 is 0.967 bits per heavy atom. The van der Waals surface area contributed by atoms with Crippen LogP contribution in [0.25, 0.3) is 21.7 Å². The van der Waals surface area contributed by atoms with E-state index in [0.717, 1.165) is 16.6 Å². The normalized spacial score (nSPS) is 11.1. The second kappa shape index (κ2) is 7.63. The number of nitrogens with zero attached hydrogens (tertiary/aromatic N) is 1. The molecule has 0 aliphatic rings. The van der Waals surface area contributed by atoms with Crippen LogP contribution in [0, 0.1) is 12.7 Å². The molecule has 4 aromatic rings. The van der Waals surface area contributed by atoms with Crippen LogP contribution >= 0.6 is 0 Å². The molecule has 0 saturated heterocycles. The SMILES string of the molecule is CCOC(=O)c1c(C)n(C)c2c1cc(OC(=O)c1ccccc1F)c1ccccc12. The summed E-state index contributed by atoms with van der Waals surface area (Å²) in [5, 5.41) is 2.11. The van der Waals surface area contributed by atoms with E-state index < -0.39 is 17.8 Å². The number of halogens is 1. The van der Waals surface area contributed by atoms with Crippen LogP contribution in [0.5, 0.6) is 5.75 Å². The van der Waals surface area contributed by atoms with E-state index in [1.54, 1.807) is 19.1 Å². The molecule has 0 N–H and O–H groups in total. The Hall–Kier alpha value is -3.67. The maximum absolute atomic E-state index is 14.1. The maximum atomic E-state index is 14.1. The Morgan fingerprint density at radius 3 is 2.33 bits per heavy atom. The average Bonchev–Trinajstić information content (AvgIpc) is 2.99. The van der Waals surface area contributed by atoms with E-state index in [0.29, 0.717) is 16.3 Å². The Labute approximate surface area is 172 Å². The Bertz CT molecular complexity index is 1310. The van der Waals surface area contributed by atoms with Crippen molar-refractivity contribution in [2.75, 3.05) is 6.61 Å². The third-order valence-electron chi connectivity index (χ3n) is 5.22. The van der Waals surface area contributed by atoms with Gasteiger partial charge < -0.3 is 14.0 Å². The smallest absolute Gasteiger partial charge is 0.346 e. The maximum Gasteiger partial charge on any atom is 0.346 e. The molecule has 4 rings (SSSR count). The average molecular weight is 405 g/mol. The van der Waals surface area contributed by atoms with Crippen LogP contribution in [0.3, 0.4) is 0 Å². The molecule has 0 spiro atoms. The lowest BCUT2D eigenvalue weighted by molar-refractivity contribution is 0.0527. The lowest BCUT2D eigenvalue weighted by atomic mass is 10.0. The molecule has 0 bridgehead atoms. The fraction of sp³-hybridized carbons (Fsp3) is 0.167. The molecule has 30 heavy (non-hydrogen) atoms. The van der Waals surface area contributed by atoms with E-state index in [-0.39, 0.29) is 17.9 Å². The van der Waals surface area contributed by atoms with Gasteiger partial charge in [0.05, 0.1) is 23.3 Å². The summed E-state index contributed by atoms with van der Waals surface area (Å²) in [4.78, 5) is 25.3. The van der Waals surface area contributed by atoms with Crippen LogP contribution in [-0.2, 0) is 11.8 Å². The van der Waals surface area contributed by atoms with Crippen molar-refractivity contribution in [1.29, 1.82) is 0 Å². The first-order chi connectivity index (χ1) is 14.4. The molecule has 6 heteroatoms. The fourth-order valence-corrected chi connectivity index (χ4v) is 3.74. The van der Waals surface area contributed by atoms with Crippen LogP contribution in [0.4, 0.5) is 4.39 Å². The van der Waals surface area contributed by atoms with Crippen LogP contribution < -0.4 is 4.74 Å². The number of carbonyl (C=O) groups is 2. The summed E-state index contributed by atoms with van der Waals surface area (Å²) in [5.74, 6) is -1.65. The first kappa shape index (κ1) is 19.6. The molecule has 5 nitrogen and oxygen atoms in total. The monoisotopic (exact) mass is 405 g/mol. The molecule has 0 aliphatic carbocycles. The summed E-state index contributed by atoms with van der Waals surface area (Å²) in [7, 11) is 1.87. The number of esters is 2. The minimum Gasteiger partial charge on any atom is -0.462 e. The number of hydrogen-bond donors (Lipinski definition) is 0. The van der Waals surface area contributed by atoms with Crippen molar-refractivity contribution >= 4 is 33.6 Å². The van der Waals surface area contributed by atoms with Crippen molar-refractivity contribution in [2.24, 2.45) is 7.05 Å². The van der Waals surface area contributed by atoms with E-state index in [9.17, 15) is 14.0 Å². The number of hydrogen-bond acceptors (Lipinski definition) is 4.